The van der Waals surface area contributed by atoms with Crippen LogP contribution in [0.3, 0.4) is 0 Å². The first kappa shape index (κ1) is 14.5. The molecule has 6 nitrogen and oxygen atoms in total. The van der Waals surface area contributed by atoms with Crippen molar-refractivity contribution in [1.82, 2.24) is 25.4 Å². The van der Waals surface area contributed by atoms with Crippen LogP contribution in [0.4, 0.5) is 0 Å². The molecule has 0 aromatic carbocycles. The van der Waals surface area contributed by atoms with Crippen LogP contribution in [0.2, 0.25) is 0 Å². The van der Waals surface area contributed by atoms with Gasteiger partial charge in [-0.15, -0.1) is 5.10 Å². The molecule has 1 atom stereocenters. The lowest BCUT2D eigenvalue weighted by Crippen LogP contribution is -2.42. The molecule has 2 N–H and O–H groups in total. The van der Waals surface area contributed by atoms with E-state index in [-0.39, 0.29) is 5.91 Å². The minimum absolute atomic E-state index is 0.00155. The van der Waals surface area contributed by atoms with Crippen LogP contribution in [0.15, 0.2) is 0 Å². The van der Waals surface area contributed by atoms with Crippen molar-refractivity contribution >= 4 is 5.91 Å². The van der Waals surface area contributed by atoms with Gasteiger partial charge in [0.15, 0.2) is 0 Å². The molecule has 1 aromatic rings. The fraction of sp³-hybridized carbons (Fsp3) is 0.800. The number of carbonyl (C=O) groups is 1. The number of aromatic nitrogens is 3. The quantitative estimate of drug-likeness (QED) is 0.830. The first-order chi connectivity index (χ1) is 10.3. The normalized spacial score (nSPS) is 22.2. The zero-order chi connectivity index (χ0) is 14.7. The maximum Gasteiger partial charge on any atom is 0.293 e. The zero-order valence-corrected chi connectivity index (χ0v) is 12.8. The number of hydrogen-bond donors (Lipinski definition) is 2. The molecule has 3 rings (SSSR count). The highest BCUT2D eigenvalue weighted by Crippen LogP contribution is 2.29. The molecule has 1 aliphatic carbocycles. The summed E-state index contributed by atoms with van der Waals surface area (Å²) in [6, 6.07) is 0.410. The van der Waals surface area contributed by atoms with Crippen LogP contribution in [0.5, 0.6) is 0 Å². The third-order valence-corrected chi connectivity index (χ3v) is 4.31. The Morgan fingerprint density at radius 1 is 1.38 bits per heavy atom. The number of carbonyl (C=O) groups excluding carboxylic acids is 1. The lowest BCUT2D eigenvalue weighted by Gasteiger charge is -2.29. The highest BCUT2D eigenvalue weighted by molar-refractivity contribution is 5.90. The highest BCUT2D eigenvalue weighted by Gasteiger charge is 2.36. The molecule has 2 aliphatic rings. The zero-order valence-electron chi connectivity index (χ0n) is 12.8. The van der Waals surface area contributed by atoms with Gasteiger partial charge in [0.1, 0.15) is 5.82 Å². The number of aryl methyl sites for hydroxylation is 1. The van der Waals surface area contributed by atoms with E-state index >= 15 is 0 Å². The van der Waals surface area contributed by atoms with Crippen molar-refractivity contribution in [1.29, 1.82) is 0 Å². The van der Waals surface area contributed by atoms with Gasteiger partial charge in [-0.1, -0.05) is 6.92 Å². The van der Waals surface area contributed by atoms with E-state index in [1.54, 1.807) is 0 Å². The maximum absolute atomic E-state index is 12.7. The first-order valence-corrected chi connectivity index (χ1v) is 8.21. The van der Waals surface area contributed by atoms with Gasteiger partial charge in [-0.25, -0.2) is 4.98 Å². The van der Waals surface area contributed by atoms with Crippen molar-refractivity contribution in [3.05, 3.63) is 11.6 Å². The van der Waals surface area contributed by atoms with E-state index in [4.69, 9.17) is 0 Å². The van der Waals surface area contributed by atoms with Crippen molar-refractivity contribution < 1.29 is 4.79 Å². The highest BCUT2D eigenvalue weighted by atomic mass is 16.2. The average Bonchev–Trinajstić information content (AvgIpc) is 3.25. The Morgan fingerprint density at radius 2 is 2.24 bits per heavy atom. The van der Waals surface area contributed by atoms with E-state index in [1.807, 2.05) is 4.90 Å². The molecule has 1 saturated carbocycles. The van der Waals surface area contributed by atoms with Crippen LogP contribution >= 0.6 is 0 Å². The fourth-order valence-corrected chi connectivity index (χ4v) is 3.01. The number of piperidine rings is 1. The maximum atomic E-state index is 12.7. The topological polar surface area (TPSA) is 73.9 Å². The van der Waals surface area contributed by atoms with Gasteiger partial charge in [0.2, 0.25) is 5.82 Å². The summed E-state index contributed by atoms with van der Waals surface area (Å²) in [6.45, 7) is 5.06. The number of rotatable bonds is 6. The van der Waals surface area contributed by atoms with Gasteiger partial charge >= 0.3 is 0 Å². The molecular weight excluding hydrogens is 266 g/mol. The fourth-order valence-electron chi connectivity index (χ4n) is 3.01. The summed E-state index contributed by atoms with van der Waals surface area (Å²) in [5.41, 5.74) is 0. The van der Waals surface area contributed by atoms with Crippen molar-refractivity contribution in [2.45, 2.75) is 51.5 Å². The lowest BCUT2D eigenvalue weighted by atomic mass is 9.99. The average molecular weight is 291 g/mol. The number of hydrogen-bond acceptors (Lipinski definition) is 4. The van der Waals surface area contributed by atoms with E-state index in [0.29, 0.717) is 17.8 Å². The molecule has 1 amide bonds. The van der Waals surface area contributed by atoms with Crippen molar-refractivity contribution in [2.24, 2.45) is 5.92 Å². The Bertz CT molecular complexity index is 476. The van der Waals surface area contributed by atoms with Crippen LogP contribution < -0.4 is 5.32 Å². The molecule has 21 heavy (non-hydrogen) atoms. The van der Waals surface area contributed by atoms with Crippen molar-refractivity contribution in [3.8, 4) is 0 Å². The predicted molar refractivity (Wildman–Crippen MR) is 80.0 cm³/mol. The summed E-state index contributed by atoms with van der Waals surface area (Å²) in [6.07, 6.45) is 6.51. The third kappa shape index (κ3) is 3.61. The van der Waals surface area contributed by atoms with Crippen LogP contribution in [-0.4, -0.2) is 51.7 Å². The van der Waals surface area contributed by atoms with Crippen LogP contribution in [0.1, 0.15) is 55.5 Å². The second-order valence-corrected chi connectivity index (χ2v) is 6.26. The standard InChI is InChI=1S/C15H25N5O/c1-2-4-13-17-14(19-18-13)15(21)20(12-6-7-12)10-11-5-3-8-16-9-11/h11-12,16H,2-10H2,1H3,(H,17,18,19). The molecule has 1 aromatic heterocycles. The van der Waals surface area contributed by atoms with E-state index < -0.39 is 0 Å². The monoisotopic (exact) mass is 291 g/mol. The van der Waals surface area contributed by atoms with Gasteiger partial charge < -0.3 is 10.2 Å². The summed E-state index contributed by atoms with van der Waals surface area (Å²) in [5, 5.41) is 10.4. The number of H-pyrrole nitrogens is 1. The van der Waals surface area contributed by atoms with Crippen molar-refractivity contribution in [3.63, 3.8) is 0 Å². The van der Waals surface area contributed by atoms with E-state index in [2.05, 4.69) is 27.4 Å². The predicted octanol–water partition coefficient (Wildman–Crippen LogP) is 1.36. The van der Waals surface area contributed by atoms with Gasteiger partial charge in [-0.2, -0.15) is 0 Å². The molecule has 1 saturated heterocycles. The SMILES string of the molecule is CCCc1nc(C(=O)N(CC2CCCNC2)C2CC2)n[nH]1. The minimum atomic E-state index is 0.00155. The Labute approximate surface area is 125 Å². The first-order valence-electron chi connectivity index (χ1n) is 8.21. The summed E-state index contributed by atoms with van der Waals surface area (Å²) in [7, 11) is 0. The van der Waals surface area contributed by atoms with Crippen LogP contribution in [-0.2, 0) is 6.42 Å². The van der Waals surface area contributed by atoms with Crippen LogP contribution in [0.25, 0.3) is 0 Å². The van der Waals surface area contributed by atoms with Crippen molar-refractivity contribution in [2.75, 3.05) is 19.6 Å². The van der Waals surface area contributed by atoms with E-state index in [9.17, 15) is 4.79 Å². The van der Waals surface area contributed by atoms with Gasteiger partial charge in [-0.05, 0) is 51.1 Å². The Morgan fingerprint density at radius 3 is 2.90 bits per heavy atom. The molecule has 6 heteroatoms. The molecule has 0 spiro atoms. The summed E-state index contributed by atoms with van der Waals surface area (Å²) < 4.78 is 0. The van der Waals surface area contributed by atoms with E-state index in [1.165, 1.54) is 12.8 Å². The third-order valence-electron chi connectivity index (χ3n) is 4.31. The van der Waals surface area contributed by atoms with Gasteiger partial charge in [0, 0.05) is 19.0 Å². The molecule has 1 aliphatic heterocycles. The number of aromatic amines is 1. The Hall–Kier alpha value is -1.43. The van der Waals surface area contributed by atoms with E-state index in [0.717, 1.165) is 51.1 Å². The summed E-state index contributed by atoms with van der Waals surface area (Å²) in [4.78, 5) is 19.0. The number of amides is 1. The summed E-state index contributed by atoms with van der Waals surface area (Å²) in [5.74, 6) is 1.73. The van der Waals surface area contributed by atoms with Crippen LogP contribution in [0, 0.1) is 5.92 Å². The molecule has 0 bridgehead atoms. The molecule has 116 valence electrons. The Balaban J connectivity index is 1.65. The number of nitrogens with one attached hydrogen (secondary N) is 2. The molecular formula is C15H25N5O. The second kappa shape index (κ2) is 6.56. The van der Waals surface area contributed by atoms with Gasteiger partial charge in [0.25, 0.3) is 5.91 Å². The second-order valence-electron chi connectivity index (χ2n) is 6.26. The molecule has 0 radical (unpaired) electrons. The molecule has 2 fully saturated rings. The lowest BCUT2D eigenvalue weighted by molar-refractivity contribution is 0.0692. The Kier molecular flexibility index (Phi) is 4.53. The largest absolute Gasteiger partial charge is 0.333 e. The minimum Gasteiger partial charge on any atom is -0.333 e. The molecule has 1 unspecified atom stereocenters. The van der Waals surface area contributed by atoms with Gasteiger partial charge in [-0.3, -0.25) is 9.89 Å². The number of nitrogens with zero attached hydrogens (tertiary/aromatic N) is 3. The molecule has 2 heterocycles. The smallest absolute Gasteiger partial charge is 0.293 e. The summed E-state index contributed by atoms with van der Waals surface area (Å²) >= 11 is 0. The van der Waals surface area contributed by atoms with Gasteiger partial charge in [0.05, 0.1) is 0 Å².